The molecule has 8 aliphatic rings. The second-order valence-corrected chi connectivity index (χ2v) is 22.8. The molecule has 12 N–H and O–H groups in total. The van der Waals surface area contributed by atoms with Gasteiger partial charge in [0.25, 0.3) is 0 Å². The smallest absolute Gasteiger partial charge is 0.187 e. The predicted octanol–water partition coefficient (Wildman–Crippen LogP) is -1.34. The van der Waals surface area contributed by atoms with Crippen LogP contribution >= 0.6 is 0 Å². The van der Waals surface area contributed by atoms with Crippen LogP contribution in [0, 0.1) is 50.7 Å². The second kappa shape index (κ2) is 19.3. The number of rotatable bonds is 11. The molecule has 0 amide bonds. The molecule has 0 aromatic carbocycles. The summed E-state index contributed by atoms with van der Waals surface area (Å²) < 4.78 is 42.1. The number of aliphatic hydroxyl groups is 12. The van der Waals surface area contributed by atoms with Crippen molar-refractivity contribution < 1.29 is 94.4 Å². The van der Waals surface area contributed by atoms with Gasteiger partial charge in [-0.05, 0) is 98.2 Å². The largest absolute Gasteiger partial charge is 0.396 e. The van der Waals surface area contributed by atoms with Crippen molar-refractivity contribution >= 4 is 0 Å². The lowest BCUT2D eigenvalue weighted by molar-refractivity contribution is -0.372. The Hall–Kier alpha value is -0.760. The molecule has 0 aromatic heterocycles. The normalized spacial score (nSPS) is 56.0. The molecule has 0 radical (unpaired) electrons. The summed E-state index contributed by atoms with van der Waals surface area (Å²) in [5.41, 5.74) is -1.69. The van der Waals surface area contributed by atoms with Crippen LogP contribution in [0.1, 0.15) is 98.8 Å². The van der Waals surface area contributed by atoms with Crippen LogP contribution in [-0.4, -0.2) is 205 Å². The van der Waals surface area contributed by atoms with Gasteiger partial charge in [0, 0.05) is 16.7 Å². The number of fused-ring (bicyclic) bond motifs is 5. The molecule has 0 aromatic rings. The van der Waals surface area contributed by atoms with E-state index in [-0.39, 0.29) is 65.8 Å². The monoisotopic (exact) mass is 949 g/mol. The number of hydrogen-bond acceptors (Lipinski definition) is 19. The molecule has 8 rings (SSSR count). The minimum Gasteiger partial charge on any atom is -0.396 e. The molecule has 8 fully saturated rings. The zero-order valence-electron chi connectivity index (χ0n) is 39.2. The minimum absolute atomic E-state index is 0.00873. The van der Waals surface area contributed by atoms with E-state index < -0.39 is 122 Å². The quantitative estimate of drug-likeness (QED) is 0.107. The average molecular weight is 949 g/mol. The third kappa shape index (κ3) is 8.35. The maximum atomic E-state index is 12.5. The fourth-order valence-electron chi connectivity index (χ4n) is 15.1. The van der Waals surface area contributed by atoms with Crippen molar-refractivity contribution in [1.29, 1.82) is 0 Å². The van der Waals surface area contributed by atoms with E-state index >= 15 is 0 Å². The molecule has 19 nitrogen and oxygen atoms in total. The van der Waals surface area contributed by atoms with Crippen LogP contribution < -0.4 is 0 Å². The minimum atomic E-state index is -1.68. The molecule has 382 valence electrons. The van der Waals surface area contributed by atoms with E-state index in [1.165, 1.54) is 0 Å². The van der Waals surface area contributed by atoms with Gasteiger partial charge in [-0.1, -0.05) is 34.6 Å². The predicted molar refractivity (Wildman–Crippen MR) is 228 cm³/mol. The molecule has 4 saturated heterocycles. The van der Waals surface area contributed by atoms with E-state index in [0.29, 0.717) is 19.4 Å². The van der Waals surface area contributed by atoms with Crippen molar-refractivity contribution in [2.45, 2.75) is 203 Å². The molecular weight excluding hydrogens is 868 g/mol. The lowest BCUT2D eigenvalue weighted by Crippen LogP contribution is -2.69. The first kappa shape index (κ1) is 51.6. The van der Waals surface area contributed by atoms with Gasteiger partial charge in [-0.3, -0.25) is 0 Å². The summed E-state index contributed by atoms with van der Waals surface area (Å²) in [5, 5.41) is 127. The van der Waals surface area contributed by atoms with Crippen LogP contribution in [0.15, 0.2) is 0 Å². The van der Waals surface area contributed by atoms with E-state index in [1.54, 1.807) is 0 Å². The Kier molecular flexibility index (Phi) is 15.1. The highest BCUT2D eigenvalue weighted by Crippen LogP contribution is 2.75. The van der Waals surface area contributed by atoms with Crippen molar-refractivity contribution in [2.75, 3.05) is 39.6 Å². The Labute approximate surface area is 387 Å². The van der Waals surface area contributed by atoms with Crippen LogP contribution in [0.4, 0.5) is 0 Å². The first-order valence-corrected chi connectivity index (χ1v) is 24.6. The molecule has 4 aliphatic heterocycles. The average Bonchev–Trinajstić information content (AvgIpc) is 3.30. The van der Waals surface area contributed by atoms with Crippen molar-refractivity contribution in [3.8, 4) is 0 Å². The summed E-state index contributed by atoms with van der Waals surface area (Å²) in [4.78, 5) is 0. The van der Waals surface area contributed by atoms with Gasteiger partial charge in [0.2, 0.25) is 0 Å². The molecule has 1 spiro atoms. The van der Waals surface area contributed by atoms with Crippen molar-refractivity contribution in [3.05, 3.63) is 0 Å². The zero-order valence-corrected chi connectivity index (χ0v) is 39.2. The highest BCUT2D eigenvalue weighted by atomic mass is 16.8. The number of ether oxygens (including phenoxy) is 7. The van der Waals surface area contributed by atoms with E-state index in [9.17, 15) is 61.3 Å². The van der Waals surface area contributed by atoms with Crippen LogP contribution in [0.25, 0.3) is 0 Å². The molecule has 26 atom stereocenters. The SMILES string of the molecule is C[C@H](CO[C@@H]1O[C@H](CO)[C@@H](O)[C@H](O)[C@H]1O)[C@H]1CC[C@@]2(CC[C@]3(C)[C@H](CC[C@@H]4[C@@]5(C)CC[C@H](O[C@@H]6O[C@H](CO)[C@@H](O)[C@H](O)[C@H]6O[C@@H]6OC[C@@H](O)[C@H](O)[C@H]6O)[C@@](C)(CO)[C@@H]5CC[C@]43C)[C@H]2O)CO1. The van der Waals surface area contributed by atoms with E-state index in [1.807, 2.05) is 13.8 Å². The molecule has 4 aliphatic carbocycles. The van der Waals surface area contributed by atoms with Gasteiger partial charge in [0.1, 0.15) is 67.1 Å². The van der Waals surface area contributed by atoms with Crippen LogP contribution in [0.2, 0.25) is 0 Å². The molecule has 0 unspecified atom stereocenters. The van der Waals surface area contributed by atoms with Gasteiger partial charge in [-0.15, -0.1) is 0 Å². The lowest BCUT2D eigenvalue weighted by Gasteiger charge is -2.73. The maximum absolute atomic E-state index is 12.5. The summed E-state index contributed by atoms with van der Waals surface area (Å²) >= 11 is 0. The Morgan fingerprint density at radius 3 is 1.91 bits per heavy atom. The third-order valence-corrected chi connectivity index (χ3v) is 19.6. The van der Waals surface area contributed by atoms with Crippen LogP contribution in [0.5, 0.6) is 0 Å². The molecule has 4 heterocycles. The van der Waals surface area contributed by atoms with E-state index in [2.05, 4.69) is 20.8 Å². The summed E-state index contributed by atoms with van der Waals surface area (Å²) in [6.07, 6.45) is -13.5. The Morgan fingerprint density at radius 2 is 1.26 bits per heavy atom. The van der Waals surface area contributed by atoms with Gasteiger partial charge in [0.05, 0.1) is 58.0 Å². The standard InChI is InChI=1S/C47H80O19/c1-22(18-60-40-37(58)34(55)32(53)26(16-48)63-40)25-8-13-47(21-62-25)15-14-45(4)23(39(47)59)6-7-29-43(2)11-10-30(44(3,20-50)28(43)9-12-46(29,45)5)65-42-38(35(56)33(54)27(17-49)64-42)66-41-36(57)31(52)24(51)19-61-41/h22-42,48-59H,6-21H2,1-5H3/t22-,23-,24-,25-,26-,27-,28-,29-,30+,31+,32-,33-,34+,35+,36-,37-,38-,39-,40-,41+,42+,43+,44+,45-,46-,47-/m1/s1. The van der Waals surface area contributed by atoms with Crippen LogP contribution in [-0.2, 0) is 33.2 Å². The summed E-state index contributed by atoms with van der Waals surface area (Å²) in [5.74, 6) is 0.240. The summed E-state index contributed by atoms with van der Waals surface area (Å²) in [7, 11) is 0. The second-order valence-electron chi connectivity index (χ2n) is 22.8. The summed E-state index contributed by atoms with van der Waals surface area (Å²) in [6.45, 7) is 10.0. The highest BCUT2D eigenvalue weighted by molar-refractivity contribution is 5.19. The van der Waals surface area contributed by atoms with Crippen molar-refractivity contribution in [3.63, 3.8) is 0 Å². The summed E-state index contributed by atoms with van der Waals surface area (Å²) in [6, 6.07) is 0. The first-order valence-electron chi connectivity index (χ1n) is 24.6. The zero-order chi connectivity index (χ0) is 47.9. The van der Waals surface area contributed by atoms with Gasteiger partial charge >= 0.3 is 0 Å². The molecule has 66 heavy (non-hydrogen) atoms. The molecule has 4 saturated carbocycles. The third-order valence-electron chi connectivity index (χ3n) is 19.6. The van der Waals surface area contributed by atoms with Gasteiger partial charge in [-0.25, -0.2) is 0 Å². The Balaban J connectivity index is 0.928. The van der Waals surface area contributed by atoms with E-state index in [0.717, 1.165) is 51.4 Å². The lowest BCUT2D eigenvalue weighted by atomic mass is 9.33. The fraction of sp³-hybridized carbons (Fsp3) is 1.00. The molecule has 0 bridgehead atoms. The first-order chi connectivity index (χ1) is 31.1. The van der Waals surface area contributed by atoms with Crippen molar-refractivity contribution in [1.82, 2.24) is 0 Å². The Morgan fingerprint density at radius 1 is 0.591 bits per heavy atom. The fourth-order valence-corrected chi connectivity index (χ4v) is 15.1. The number of aliphatic hydroxyl groups excluding tert-OH is 12. The van der Waals surface area contributed by atoms with Crippen molar-refractivity contribution in [2.24, 2.45) is 50.7 Å². The van der Waals surface area contributed by atoms with Gasteiger partial charge in [-0.2, -0.15) is 0 Å². The Bertz CT molecular complexity index is 1640. The van der Waals surface area contributed by atoms with Crippen LogP contribution in [0.3, 0.4) is 0 Å². The van der Waals surface area contributed by atoms with Gasteiger partial charge in [0.15, 0.2) is 18.9 Å². The topological polar surface area (TPSA) is 307 Å². The molecule has 19 heteroatoms. The maximum Gasteiger partial charge on any atom is 0.187 e. The van der Waals surface area contributed by atoms with E-state index in [4.69, 9.17) is 33.2 Å². The highest BCUT2D eigenvalue weighted by Gasteiger charge is 2.71. The van der Waals surface area contributed by atoms with Gasteiger partial charge < -0.3 is 94.4 Å². The number of hydrogen-bond donors (Lipinski definition) is 12. The molecular formula is C47H80O19.